The van der Waals surface area contributed by atoms with Gasteiger partial charge in [-0.1, -0.05) is 6.07 Å². The SMILES string of the molecule is CC(C)(C=O)COc1cccc2c1C(N)=NS(=O)(=O)N2. The molecule has 8 heteroatoms. The van der Waals surface area contributed by atoms with Gasteiger partial charge >= 0.3 is 10.2 Å². The van der Waals surface area contributed by atoms with Crippen molar-refractivity contribution in [1.29, 1.82) is 0 Å². The van der Waals surface area contributed by atoms with E-state index in [1.165, 1.54) is 0 Å². The third-order valence-corrected chi connectivity index (χ3v) is 3.57. The molecule has 20 heavy (non-hydrogen) atoms. The van der Waals surface area contributed by atoms with Crippen LogP contribution in [0, 0.1) is 5.41 Å². The second-order valence-electron chi connectivity index (χ2n) is 5.13. The summed E-state index contributed by atoms with van der Waals surface area (Å²) in [6.07, 6.45) is 0.794. The lowest BCUT2D eigenvalue weighted by molar-refractivity contribution is -0.116. The van der Waals surface area contributed by atoms with Gasteiger partial charge in [-0.15, -0.1) is 4.40 Å². The van der Waals surface area contributed by atoms with Crippen LogP contribution in [-0.4, -0.2) is 27.1 Å². The zero-order valence-corrected chi connectivity index (χ0v) is 11.9. The summed E-state index contributed by atoms with van der Waals surface area (Å²) in [7, 11) is -3.81. The summed E-state index contributed by atoms with van der Waals surface area (Å²) >= 11 is 0. The van der Waals surface area contributed by atoms with E-state index >= 15 is 0 Å². The van der Waals surface area contributed by atoms with Gasteiger partial charge in [0.2, 0.25) is 0 Å². The van der Waals surface area contributed by atoms with E-state index in [9.17, 15) is 13.2 Å². The van der Waals surface area contributed by atoms with Crippen LogP contribution in [0.2, 0.25) is 0 Å². The maximum Gasteiger partial charge on any atom is 0.344 e. The van der Waals surface area contributed by atoms with Crippen LogP contribution < -0.4 is 15.2 Å². The number of nitrogens with zero attached hydrogens (tertiary/aromatic N) is 1. The van der Waals surface area contributed by atoms with Crippen molar-refractivity contribution >= 4 is 28.0 Å². The van der Waals surface area contributed by atoms with Crippen LogP contribution in [0.4, 0.5) is 5.69 Å². The van der Waals surface area contributed by atoms with Crippen molar-refractivity contribution in [2.24, 2.45) is 15.5 Å². The molecule has 3 N–H and O–H groups in total. The van der Waals surface area contributed by atoms with Gasteiger partial charge in [-0.3, -0.25) is 4.72 Å². The molecule has 0 bridgehead atoms. The average Bonchev–Trinajstić information content (AvgIpc) is 2.34. The predicted octanol–water partition coefficient (Wildman–Crippen LogP) is 0.666. The van der Waals surface area contributed by atoms with Crippen molar-refractivity contribution in [2.45, 2.75) is 13.8 Å². The van der Waals surface area contributed by atoms with Gasteiger partial charge < -0.3 is 15.3 Å². The van der Waals surface area contributed by atoms with Gasteiger partial charge in [-0.25, -0.2) is 0 Å². The number of hydrogen-bond acceptors (Lipinski definition) is 5. The zero-order valence-electron chi connectivity index (χ0n) is 11.1. The first-order valence-electron chi connectivity index (χ1n) is 5.85. The Kier molecular flexibility index (Phi) is 3.43. The molecule has 0 saturated carbocycles. The first-order chi connectivity index (χ1) is 9.24. The number of carbonyl (C=O) groups excluding carboxylic acids is 1. The van der Waals surface area contributed by atoms with Crippen molar-refractivity contribution < 1.29 is 17.9 Å². The minimum atomic E-state index is -3.81. The van der Waals surface area contributed by atoms with Crippen LogP contribution in [0.5, 0.6) is 5.75 Å². The van der Waals surface area contributed by atoms with E-state index in [1.807, 2.05) is 0 Å². The van der Waals surface area contributed by atoms with E-state index in [2.05, 4.69) is 9.12 Å². The summed E-state index contributed by atoms with van der Waals surface area (Å²) in [5.74, 6) is 0.235. The van der Waals surface area contributed by atoms with E-state index in [0.717, 1.165) is 6.29 Å². The molecule has 0 unspecified atom stereocenters. The molecular formula is C12H15N3O4S. The van der Waals surface area contributed by atoms with E-state index in [1.54, 1.807) is 32.0 Å². The van der Waals surface area contributed by atoms with Crippen molar-refractivity contribution in [3.63, 3.8) is 0 Å². The molecule has 0 amide bonds. The van der Waals surface area contributed by atoms with Gasteiger partial charge in [0.1, 0.15) is 12.0 Å². The largest absolute Gasteiger partial charge is 0.492 e. The molecule has 1 aromatic rings. The fraction of sp³-hybridized carbons (Fsp3) is 0.333. The van der Waals surface area contributed by atoms with Crippen LogP contribution >= 0.6 is 0 Å². The Morgan fingerprint density at radius 3 is 2.80 bits per heavy atom. The maximum atomic E-state index is 11.4. The summed E-state index contributed by atoms with van der Waals surface area (Å²) < 4.78 is 34.1. The fourth-order valence-electron chi connectivity index (χ4n) is 1.64. The fourth-order valence-corrected chi connectivity index (χ4v) is 2.48. The standard InChI is InChI=1S/C12H15N3O4S/c1-12(2,6-16)7-19-9-5-3-4-8-10(9)11(13)15-20(17,18)14-8/h3-6,14H,7H2,1-2H3,(H2,13,15). The number of hydrogen-bond donors (Lipinski definition) is 2. The molecule has 108 valence electrons. The van der Waals surface area contributed by atoms with Gasteiger partial charge in [-0.2, -0.15) is 8.42 Å². The molecule has 1 aliphatic heterocycles. The highest BCUT2D eigenvalue weighted by Crippen LogP contribution is 2.31. The van der Waals surface area contributed by atoms with Gasteiger partial charge in [0, 0.05) is 0 Å². The number of benzene rings is 1. The lowest BCUT2D eigenvalue weighted by atomic mass is 9.97. The third-order valence-electron chi connectivity index (χ3n) is 2.66. The smallest absolute Gasteiger partial charge is 0.344 e. The lowest BCUT2D eigenvalue weighted by Gasteiger charge is -2.22. The minimum absolute atomic E-state index is 0.141. The summed E-state index contributed by atoms with van der Waals surface area (Å²) in [6.45, 7) is 3.61. The van der Waals surface area contributed by atoms with Crippen molar-refractivity contribution in [1.82, 2.24) is 0 Å². The Hall–Kier alpha value is -2.09. The first-order valence-corrected chi connectivity index (χ1v) is 7.29. The van der Waals surface area contributed by atoms with Gasteiger partial charge in [0.15, 0.2) is 5.84 Å². The summed E-state index contributed by atoms with van der Waals surface area (Å²) in [5, 5.41) is 0. The van der Waals surface area contributed by atoms with Crippen molar-refractivity contribution in [3.8, 4) is 5.75 Å². The Morgan fingerprint density at radius 2 is 2.15 bits per heavy atom. The number of fused-ring (bicyclic) bond motifs is 1. The number of carbonyl (C=O) groups is 1. The number of aldehydes is 1. The Balaban J connectivity index is 2.37. The number of ether oxygens (including phenoxy) is 1. The molecule has 0 fully saturated rings. The minimum Gasteiger partial charge on any atom is -0.492 e. The molecule has 1 heterocycles. The van der Waals surface area contributed by atoms with Gasteiger partial charge in [0.25, 0.3) is 0 Å². The molecule has 1 aromatic carbocycles. The second kappa shape index (κ2) is 4.78. The molecular weight excluding hydrogens is 282 g/mol. The highest BCUT2D eigenvalue weighted by Gasteiger charge is 2.25. The summed E-state index contributed by atoms with van der Waals surface area (Å²) in [4.78, 5) is 10.9. The maximum absolute atomic E-state index is 11.4. The van der Waals surface area contributed by atoms with Crippen molar-refractivity contribution in [3.05, 3.63) is 23.8 Å². The lowest BCUT2D eigenvalue weighted by Crippen LogP contribution is -2.28. The zero-order chi connectivity index (χ0) is 15.0. The first kappa shape index (κ1) is 14.3. The molecule has 0 aromatic heterocycles. The van der Waals surface area contributed by atoms with Crippen LogP contribution in [0.3, 0.4) is 0 Å². The van der Waals surface area contributed by atoms with Crippen LogP contribution in [0.1, 0.15) is 19.4 Å². The topological polar surface area (TPSA) is 111 Å². The quantitative estimate of drug-likeness (QED) is 0.793. The van der Waals surface area contributed by atoms with Crippen molar-refractivity contribution in [2.75, 3.05) is 11.3 Å². The van der Waals surface area contributed by atoms with E-state index in [-0.39, 0.29) is 12.4 Å². The Labute approximate surface area is 117 Å². The Bertz CT molecular complexity index is 680. The molecule has 7 nitrogen and oxygen atoms in total. The third kappa shape index (κ3) is 2.90. The van der Waals surface area contributed by atoms with Crippen LogP contribution in [-0.2, 0) is 15.0 Å². The molecule has 1 aliphatic rings. The monoisotopic (exact) mass is 297 g/mol. The molecule has 0 spiro atoms. The average molecular weight is 297 g/mol. The highest BCUT2D eigenvalue weighted by atomic mass is 32.2. The number of nitrogens with one attached hydrogen (secondary N) is 1. The summed E-state index contributed by atoms with van der Waals surface area (Å²) in [6, 6.07) is 4.83. The van der Waals surface area contributed by atoms with Crippen LogP contribution in [0.15, 0.2) is 22.6 Å². The predicted molar refractivity (Wildman–Crippen MR) is 75.0 cm³/mol. The normalized spacial score (nSPS) is 16.6. The Morgan fingerprint density at radius 1 is 1.45 bits per heavy atom. The molecule has 2 rings (SSSR count). The van der Waals surface area contributed by atoms with Gasteiger partial charge in [0.05, 0.1) is 23.3 Å². The molecule has 0 aliphatic carbocycles. The summed E-state index contributed by atoms with van der Waals surface area (Å²) in [5.41, 5.74) is 5.71. The van der Waals surface area contributed by atoms with Gasteiger partial charge in [-0.05, 0) is 26.0 Å². The number of anilines is 1. The number of nitrogens with two attached hydrogens (primary N) is 1. The van der Waals surface area contributed by atoms with E-state index < -0.39 is 15.6 Å². The molecule has 0 saturated heterocycles. The number of amidine groups is 1. The second-order valence-corrected chi connectivity index (χ2v) is 6.46. The van der Waals surface area contributed by atoms with E-state index in [0.29, 0.717) is 17.0 Å². The molecule has 0 radical (unpaired) electrons. The highest BCUT2D eigenvalue weighted by molar-refractivity contribution is 7.91. The van der Waals surface area contributed by atoms with Crippen LogP contribution in [0.25, 0.3) is 0 Å². The molecule has 0 atom stereocenters. The van der Waals surface area contributed by atoms with E-state index in [4.69, 9.17) is 10.5 Å². The number of rotatable bonds is 4.